The number of benzene rings is 2. The molecule has 0 radical (unpaired) electrons. The van der Waals surface area contributed by atoms with E-state index in [1.54, 1.807) is 36.4 Å². The standard InChI is InChI=1S/C24H27N3O5/c1-26(2)17-8-6-16(7-9-17)23(30)25-19(13-15-4-3-5-18(28)12-15)24(31)27-11-10-21-22(27)20(29)14-32-21/h3-9,12,19,21-22,28H,10-11,13-14H2,1-2H3,(H,25,30). The highest BCUT2D eigenvalue weighted by molar-refractivity contribution is 5.99. The Morgan fingerprint density at radius 3 is 2.66 bits per heavy atom. The van der Waals surface area contributed by atoms with Crippen LogP contribution < -0.4 is 10.2 Å². The highest BCUT2D eigenvalue weighted by Crippen LogP contribution is 2.28. The monoisotopic (exact) mass is 437 g/mol. The summed E-state index contributed by atoms with van der Waals surface area (Å²) < 4.78 is 5.50. The summed E-state index contributed by atoms with van der Waals surface area (Å²) >= 11 is 0. The average molecular weight is 437 g/mol. The third-order valence-electron chi connectivity index (χ3n) is 5.99. The molecule has 3 unspecified atom stereocenters. The van der Waals surface area contributed by atoms with Crippen LogP contribution in [0.5, 0.6) is 5.75 Å². The van der Waals surface area contributed by atoms with E-state index < -0.39 is 12.1 Å². The number of ether oxygens (including phenoxy) is 1. The summed E-state index contributed by atoms with van der Waals surface area (Å²) in [5, 5.41) is 12.7. The molecule has 3 atom stereocenters. The van der Waals surface area contributed by atoms with Gasteiger partial charge in [-0.15, -0.1) is 0 Å². The number of aromatic hydroxyl groups is 1. The number of Topliss-reactive ketones (excluding diaryl/α,β-unsaturated/α-hetero) is 1. The van der Waals surface area contributed by atoms with E-state index >= 15 is 0 Å². The number of nitrogens with one attached hydrogen (secondary N) is 1. The number of rotatable bonds is 6. The number of ketones is 1. The fraction of sp³-hybridized carbons (Fsp3) is 0.375. The molecule has 2 aromatic rings. The van der Waals surface area contributed by atoms with Crippen molar-refractivity contribution in [2.45, 2.75) is 31.0 Å². The second-order valence-corrected chi connectivity index (χ2v) is 8.42. The maximum Gasteiger partial charge on any atom is 0.251 e. The van der Waals surface area contributed by atoms with Crippen molar-refractivity contribution < 1.29 is 24.2 Å². The first kappa shape index (κ1) is 21.8. The fourth-order valence-electron chi connectivity index (χ4n) is 4.31. The quantitative estimate of drug-likeness (QED) is 0.708. The molecular weight excluding hydrogens is 410 g/mol. The molecule has 2 N–H and O–H groups in total. The van der Waals surface area contributed by atoms with E-state index in [9.17, 15) is 19.5 Å². The van der Waals surface area contributed by atoms with Gasteiger partial charge in [0.1, 0.15) is 24.4 Å². The first-order valence-corrected chi connectivity index (χ1v) is 10.6. The van der Waals surface area contributed by atoms with Crippen LogP contribution in [0.1, 0.15) is 22.3 Å². The van der Waals surface area contributed by atoms with E-state index in [1.165, 1.54) is 4.90 Å². The highest BCUT2D eigenvalue weighted by atomic mass is 16.5. The number of likely N-dealkylation sites (tertiary alicyclic amines) is 1. The van der Waals surface area contributed by atoms with Crippen LogP contribution in [-0.2, 0) is 20.7 Å². The predicted octanol–water partition coefficient (Wildman–Crippen LogP) is 1.37. The van der Waals surface area contributed by atoms with Gasteiger partial charge in [-0.2, -0.15) is 0 Å². The fourth-order valence-corrected chi connectivity index (χ4v) is 4.31. The van der Waals surface area contributed by atoms with Crippen molar-refractivity contribution in [1.29, 1.82) is 0 Å². The molecule has 0 aliphatic carbocycles. The Morgan fingerprint density at radius 2 is 1.97 bits per heavy atom. The van der Waals surface area contributed by atoms with Crippen LogP contribution in [0.3, 0.4) is 0 Å². The van der Waals surface area contributed by atoms with E-state index in [2.05, 4.69) is 5.32 Å². The van der Waals surface area contributed by atoms with Gasteiger partial charge < -0.3 is 25.0 Å². The largest absolute Gasteiger partial charge is 0.508 e. The van der Waals surface area contributed by atoms with Crippen LogP contribution in [0.2, 0.25) is 0 Å². The van der Waals surface area contributed by atoms with E-state index in [0.29, 0.717) is 24.1 Å². The summed E-state index contributed by atoms with van der Waals surface area (Å²) in [5.74, 6) is -0.723. The average Bonchev–Trinajstić information content (AvgIpc) is 3.36. The molecule has 32 heavy (non-hydrogen) atoms. The number of carbonyl (C=O) groups is 3. The molecule has 0 aromatic heterocycles. The summed E-state index contributed by atoms with van der Waals surface area (Å²) in [4.78, 5) is 42.2. The zero-order valence-electron chi connectivity index (χ0n) is 18.2. The molecule has 0 spiro atoms. The molecule has 0 bridgehead atoms. The maximum atomic E-state index is 13.5. The minimum absolute atomic E-state index is 0.0148. The predicted molar refractivity (Wildman–Crippen MR) is 119 cm³/mol. The number of phenols is 1. The van der Waals surface area contributed by atoms with Gasteiger partial charge in [0.05, 0.1) is 6.10 Å². The minimum Gasteiger partial charge on any atom is -0.508 e. The van der Waals surface area contributed by atoms with Crippen molar-refractivity contribution in [3.05, 3.63) is 59.7 Å². The number of nitrogens with zero attached hydrogens (tertiary/aromatic N) is 2. The molecule has 0 saturated carbocycles. The Kier molecular flexibility index (Phi) is 6.14. The molecule has 2 aromatic carbocycles. The van der Waals surface area contributed by atoms with Gasteiger partial charge in [-0.05, 0) is 48.4 Å². The smallest absolute Gasteiger partial charge is 0.251 e. The molecular formula is C24H27N3O5. The molecule has 2 fully saturated rings. The number of phenolic OH excluding ortho intramolecular Hbond substituents is 1. The molecule has 8 nitrogen and oxygen atoms in total. The van der Waals surface area contributed by atoms with Crippen molar-refractivity contribution in [3.8, 4) is 5.75 Å². The van der Waals surface area contributed by atoms with E-state index in [1.807, 2.05) is 31.1 Å². The van der Waals surface area contributed by atoms with Gasteiger partial charge in [0.2, 0.25) is 5.91 Å². The van der Waals surface area contributed by atoms with Gasteiger partial charge in [-0.3, -0.25) is 14.4 Å². The van der Waals surface area contributed by atoms with Gasteiger partial charge in [-0.1, -0.05) is 12.1 Å². The Morgan fingerprint density at radius 1 is 1.22 bits per heavy atom. The minimum atomic E-state index is -0.884. The van der Waals surface area contributed by atoms with Crippen molar-refractivity contribution in [2.75, 3.05) is 32.1 Å². The van der Waals surface area contributed by atoms with Gasteiger partial charge >= 0.3 is 0 Å². The highest BCUT2D eigenvalue weighted by Gasteiger charge is 2.48. The summed E-state index contributed by atoms with van der Waals surface area (Å²) in [6.45, 7) is 0.421. The number of hydrogen-bond donors (Lipinski definition) is 2. The molecule has 2 saturated heterocycles. The Balaban J connectivity index is 1.56. The molecule has 8 heteroatoms. The second-order valence-electron chi connectivity index (χ2n) is 8.42. The first-order valence-electron chi connectivity index (χ1n) is 10.6. The van der Waals surface area contributed by atoms with Gasteiger partial charge in [0, 0.05) is 38.3 Å². The molecule has 2 aliphatic rings. The number of carbonyl (C=O) groups excluding carboxylic acids is 3. The van der Waals surface area contributed by atoms with Crippen LogP contribution in [0.4, 0.5) is 5.69 Å². The SMILES string of the molecule is CN(C)c1ccc(C(=O)NC(Cc2cccc(O)c2)C(=O)N2CCC3OCC(=O)C32)cc1. The van der Waals surface area contributed by atoms with Gasteiger partial charge in [-0.25, -0.2) is 0 Å². The summed E-state index contributed by atoms with van der Waals surface area (Å²) in [7, 11) is 3.83. The molecule has 2 aliphatic heterocycles. The van der Waals surface area contributed by atoms with Crippen LogP contribution >= 0.6 is 0 Å². The Bertz CT molecular complexity index is 1020. The Labute approximate surface area is 186 Å². The second kappa shape index (κ2) is 9.00. The third kappa shape index (κ3) is 4.45. The first-order chi connectivity index (χ1) is 15.3. The van der Waals surface area contributed by atoms with Crippen molar-refractivity contribution in [3.63, 3.8) is 0 Å². The number of hydrogen-bond acceptors (Lipinski definition) is 6. The number of fused-ring (bicyclic) bond motifs is 1. The maximum absolute atomic E-state index is 13.5. The van der Waals surface area contributed by atoms with Crippen molar-refractivity contribution in [2.24, 2.45) is 0 Å². The normalized spacial score (nSPS) is 20.7. The molecule has 2 amide bonds. The van der Waals surface area contributed by atoms with Gasteiger partial charge in [0.15, 0.2) is 5.78 Å². The lowest BCUT2D eigenvalue weighted by Crippen LogP contribution is -2.53. The van der Waals surface area contributed by atoms with Crippen molar-refractivity contribution >= 4 is 23.3 Å². The van der Waals surface area contributed by atoms with Crippen LogP contribution in [0.15, 0.2) is 48.5 Å². The lowest BCUT2D eigenvalue weighted by atomic mass is 10.0. The number of anilines is 1. The lowest BCUT2D eigenvalue weighted by molar-refractivity contribution is -0.138. The van der Waals surface area contributed by atoms with Crippen molar-refractivity contribution in [1.82, 2.24) is 10.2 Å². The molecule has 2 heterocycles. The van der Waals surface area contributed by atoms with Crippen LogP contribution in [0.25, 0.3) is 0 Å². The topological polar surface area (TPSA) is 99.2 Å². The molecule has 4 rings (SSSR count). The summed E-state index contributed by atoms with van der Waals surface area (Å²) in [6, 6.07) is 12.2. The Hall–Kier alpha value is -3.39. The van der Waals surface area contributed by atoms with E-state index in [0.717, 1.165) is 5.69 Å². The van der Waals surface area contributed by atoms with E-state index in [-0.39, 0.29) is 42.5 Å². The lowest BCUT2D eigenvalue weighted by Gasteiger charge is -2.27. The number of amides is 2. The molecule has 168 valence electrons. The van der Waals surface area contributed by atoms with Crippen LogP contribution in [0, 0.1) is 0 Å². The zero-order chi connectivity index (χ0) is 22.8. The van der Waals surface area contributed by atoms with Gasteiger partial charge in [0.25, 0.3) is 5.91 Å². The summed E-state index contributed by atoms with van der Waals surface area (Å²) in [6.07, 6.45) is 0.515. The van der Waals surface area contributed by atoms with E-state index in [4.69, 9.17) is 4.74 Å². The zero-order valence-corrected chi connectivity index (χ0v) is 18.2. The van der Waals surface area contributed by atoms with Crippen LogP contribution in [-0.4, -0.2) is 73.0 Å². The third-order valence-corrected chi connectivity index (χ3v) is 5.99. The summed E-state index contributed by atoms with van der Waals surface area (Å²) in [5.41, 5.74) is 2.09.